The summed E-state index contributed by atoms with van der Waals surface area (Å²) < 4.78 is 5.28. The highest BCUT2D eigenvalue weighted by molar-refractivity contribution is 6.29. The molecule has 1 atom stereocenters. The van der Waals surface area contributed by atoms with Gasteiger partial charge in [0.1, 0.15) is 11.0 Å². The van der Waals surface area contributed by atoms with Crippen molar-refractivity contribution in [3.63, 3.8) is 0 Å². The quantitative estimate of drug-likeness (QED) is 0.506. The summed E-state index contributed by atoms with van der Waals surface area (Å²) in [6.07, 6.45) is 2.03. The second-order valence-corrected chi connectivity index (χ2v) is 4.62. The van der Waals surface area contributed by atoms with Gasteiger partial charge in [-0.05, 0) is 18.8 Å². The van der Waals surface area contributed by atoms with Gasteiger partial charge in [-0.25, -0.2) is 4.98 Å². The molecule has 0 radical (unpaired) electrons. The minimum Gasteiger partial charge on any atom is -0.381 e. The van der Waals surface area contributed by atoms with Crippen LogP contribution in [0.5, 0.6) is 0 Å². The third kappa shape index (κ3) is 3.54. The van der Waals surface area contributed by atoms with Crippen LogP contribution in [0, 0.1) is 16.0 Å². The van der Waals surface area contributed by atoms with E-state index in [1.165, 1.54) is 12.1 Å². The molecule has 1 fully saturated rings. The van der Waals surface area contributed by atoms with Gasteiger partial charge in [0.15, 0.2) is 0 Å². The number of halogens is 1. The number of ether oxygens (including phenoxy) is 1. The van der Waals surface area contributed by atoms with E-state index in [2.05, 4.69) is 10.3 Å². The van der Waals surface area contributed by atoms with Gasteiger partial charge in [-0.2, -0.15) is 0 Å². The lowest BCUT2D eigenvalue weighted by molar-refractivity contribution is -0.384. The van der Waals surface area contributed by atoms with E-state index in [-0.39, 0.29) is 10.8 Å². The van der Waals surface area contributed by atoms with Gasteiger partial charge >= 0.3 is 0 Å². The molecule has 6 nitrogen and oxygen atoms in total. The normalized spacial score (nSPS) is 18.8. The molecule has 1 aliphatic heterocycles. The fourth-order valence-electron chi connectivity index (χ4n) is 1.89. The SMILES string of the molecule is O=[N+]([O-])c1cc(Cl)nc(NCCC2CCOC2)c1. The highest BCUT2D eigenvalue weighted by Gasteiger charge is 2.15. The minimum absolute atomic E-state index is 0.0540. The summed E-state index contributed by atoms with van der Waals surface area (Å²) in [7, 11) is 0. The number of nitrogens with zero attached hydrogens (tertiary/aromatic N) is 2. The van der Waals surface area contributed by atoms with Gasteiger partial charge in [-0.3, -0.25) is 10.1 Å². The first-order chi connectivity index (χ1) is 8.65. The molecule has 2 rings (SSSR count). The molecule has 2 heterocycles. The van der Waals surface area contributed by atoms with Gasteiger partial charge < -0.3 is 10.1 Å². The Kier molecular flexibility index (Phi) is 4.33. The molecule has 1 saturated heterocycles. The first-order valence-electron chi connectivity index (χ1n) is 5.79. The van der Waals surface area contributed by atoms with Crippen LogP contribution in [0.25, 0.3) is 0 Å². The molecule has 1 aromatic rings. The smallest absolute Gasteiger partial charge is 0.276 e. The van der Waals surface area contributed by atoms with Crippen LogP contribution in [-0.4, -0.2) is 29.7 Å². The predicted octanol–water partition coefficient (Wildman–Crippen LogP) is 2.48. The minimum atomic E-state index is -0.483. The van der Waals surface area contributed by atoms with Crippen molar-refractivity contribution in [2.45, 2.75) is 12.8 Å². The molecular formula is C11H14ClN3O3. The van der Waals surface area contributed by atoms with E-state index in [4.69, 9.17) is 16.3 Å². The van der Waals surface area contributed by atoms with Crippen molar-refractivity contribution < 1.29 is 9.66 Å². The fourth-order valence-corrected chi connectivity index (χ4v) is 2.10. The standard InChI is InChI=1S/C11H14ClN3O3/c12-10-5-9(15(16)17)6-11(14-10)13-3-1-8-2-4-18-7-8/h5-6,8H,1-4,7H2,(H,13,14). The molecule has 0 bridgehead atoms. The molecule has 0 spiro atoms. The third-order valence-electron chi connectivity index (χ3n) is 2.87. The maximum atomic E-state index is 10.7. The van der Waals surface area contributed by atoms with Crippen LogP contribution in [0.2, 0.25) is 5.15 Å². The lowest BCUT2D eigenvalue weighted by Crippen LogP contribution is -2.10. The summed E-state index contributed by atoms with van der Waals surface area (Å²) >= 11 is 5.72. The summed E-state index contributed by atoms with van der Waals surface area (Å²) in [5, 5.41) is 13.8. The third-order valence-corrected chi connectivity index (χ3v) is 3.07. The summed E-state index contributed by atoms with van der Waals surface area (Å²) in [5.74, 6) is 1.000. The van der Waals surface area contributed by atoms with Gasteiger partial charge in [0, 0.05) is 19.8 Å². The predicted molar refractivity (Wildman–Crippen MR) is 67.9 cm³/mol. The number of anilines is 1. The van der Waals surface area contributed by atoms with E-state index in [0.717, 1.165) is 26.1 Å². The van der Waals surface area contributed by atoms with E-state index < -0.39 is 4.92 Å². The van der Waals surface area contributed by atoms with Crippen molar-refractivity contribution in [3.8, 4) is 0 Å². The molecule has 0 aromatic carbocycles. The average Bonchev–Trinajstić information content (AvgIpc) is 2.81. The first kappa shape index (κ1) is 13.0. The summed E-state index contributed by atoms with van der Waals surface area (Å²) in [5.41, 5.74) is -0.0540. The van der Waals surface area contributed by atoms with Crippen LogP contribution in [0.3, 0.4) is 0 Å². The largest absolute Gasteiger partial charge is 0.381 e. The van der Waals surface area contributed by atoms with Gasteiger partial charge in [-0.15, -0.1) is 0 Å². The number of hydrogen-bond donors (Lipinski definition) is 1. The maximum absolute atomic E-state index is 10.7. The topological polar surface area (TPSA) is 77.3 Å². The van der Waals surface area contributed by atoms with Crippen LogP contribution in [0.1, 0.15) is 12.8 Å². The molecule has 0 saturated carbocycles. The number of nitro groups is 1. The maximum Gasteiger partial charge on any atom is 0.276 e. The van der Waals surface area contributed by atoms with Crippen LogP contribution >= 0.6 is 11.6 Å². The van der Waals surface area contributed by atoms with Gasteiger partial charge in [0.2, 0.25) is 0 Å². The molecule has 0 aliphatic carbocycles. The molecule has 1 unspecified atom stereocenters. The van der Waals surface area contributed by atoms with Crippen molar-refractivity contribution in [3.05, 3.63) is 27.4 Å². The van der Waals surface area contributed by atoms with E-state index in [9.17, 15) is 10.1 Å². The monoisotopic (exact) mass is 271 g/mol. The second kappa shape index (κ2) is 5.97. The van der Waals surface area contributed by atoms with Crippen molar-refractivity contribution >= 4 is 23.1 Å². The number of pyridine rings is 1. The van der Waals surface area contributed by atoms with Crippen LogP contribution < -0.4 is 5.32 Å². The van der Waals surface area contributed by atoms with Crippen LogP contribution in [0.15, 0.2) is 12.1 Å². The van der Waals surface area contributed by atoms with E-state index >= 15 is 0 Å². The zero-order valence-electron chi connectivity index (χ0n) is 9.76. The second-order valence-electron chi connectivity index (χ2n) is 4.24. The lowest BCUT2D eigenvalue weighted by Gasteiger charge is -2.09. The van der Waals surface area contributed by atoms with Crippen LogP contribution in [0.4, 0.5) is 11.5 Å². The van der Waals surface area contributed by atoms with Crippen molar-refractivity contribution in [1.29, 1.82) is 0 Å². The molecular weight excluding hydrogens is 258 g/mol. The Morgan fingerprint density at radius 3 is 3.11 bits per heavy atom. The van der Waals surface area contributed by atoms with Crippen molar-refractivity contribution in [2.75, 3.05) is 25.1 Å². The Morgan fingerprint density at radius 2 is 2.44 bits per heavy atom. The fraction of sp³-hybridized carbons (Fsp3) is 0.545. The average molecular weight is 272 g/mol. The Labute approximate surface area is 109 Å². The van der Waals surface area contributed by atoms with Crippen molar-refractivity contribution in [2.24, 2.45) is 5.92 Å². The Bertz CT molecular complexity index is 436. The van der Waals surface area contributed by atoms with Gasteiger partial charge in [0.05, 0.1) is 17.1 Å². The highest BCUT2D eigenvalue weighted by Crippen LogP contribution is 2.21. The highest BCUT2D eigenvalue weighted by atomic mass is 35.5. The number of rotatable bonds is 5. The molecule has 1 N–H and O–H groups in total. The molecule has 1 aromatic heterocycles. The van der Waals surface area contributed by atoms with Crippen molar-refractivity contribution in [1.82, 2.24) is 4.98 Å². The van der Waals surface area contributed by atoms with Gasteiger partial charge in [-0.1, -0.05) is 11.6 Å². The number of aromatic nitrogens is 1. The van der Waals surface area contributed by atoms with E-state index in [0.29, 0.717) is 18.3 Å². The first-order valence-corrected chi connectivity index (χ1v) is 6.16. The molecule has 1 aliphatic rings. The van der Waals surface area contributed by atoms with E-state index in [1.807, 2.05) is 0 Å². The Morgan fingerprint density at radius 1 is 1.61 bits per heavy atom. The summed E-state index contributed by atoms with van der Waals surface area (Å²) in [6.45, 7) is 2.33. The summed E-state index contributed by atoms with van der Waals surface area (Å²) in [6, 6.07) is 2.62. The Hall–Kier alpha value is -1.40. The summed E-state index contributed by atoms with van der Waals surface area (Å²) in [4.78, 5) is 14.2. The Balaban J connectivity index is 1.89. The van der Waals surface area contributed by atoms with Gasteiger partial charge in [0.25, 0.3) is 5.69 Å². The zero-order chi connectivity index (χ0) is 13.0. The molecule has 18 heavy (non-hydrogen) atoms. The molecule has 7 heteroatoms. The molecule has 0 amide bonds. The number of hydrogen-bond acceptors (Lipinski definition) is 5. The number of nitrogens with one attached hydrogen (secondary N) is 1. The molecule has 98 valence electrons. The van der Waals surface area contributed by atoms with Crippen LogP contribution in [-0.2, 0) is 4.74 Å². The zero-order valence-corrected chi connectivity index (χ0v) is 10.5. The lowest BCUT2D eigenvalue weighted by atomic mass is 10.1. The van der Waals surface area contributed by atoms with E-state index in [1.54, 1.807) is 0 Å².